The SMILES string of the molecule is CCC(C)(C)NC(=O)CN1CCCC(CCC(=O)O)C1. The van der Waals surface area contributed by atoms with Crippen LogP contribution in [0.5, 0.6) is 0 Å². The first-order valence-electron chi connectivity index (χ1n) is 7.57. The zero-order valence-electron chi connectivity index (χ0n) is 12.9. The molecule has 0 spiro atoms. The lowest BCUT2D eigenvalue weighted by atomic mass is 9.93. The molecule has 1 amide bonds. The van der Waals surface area contributed by atoms with Crippen molar-refractivity contribution in [2.75, 3.05) is 19.6 Å². The van der Waals surface area contributed by atoms with Crippen molar-refractivity contribution in [3.05, 3.63) is 0 Å². The number of hydrogen-bond acceptors (Lipinski definition) is 3. The van der Waals surface area contributed by atoms with Crippen LogP contribution in [0.1, 0.15) is 52.9 Å². The average Bonchev–Trinajstić information content (AvgIpc) is 2.36. The highest BCUT2D eigenvalue weighted by Crippen LogP contribution is 2.20. The van der Waals surface area contributed by atoms with E-state index in [0.29, 0.717) is 18.9 Å². The van der Waals surface area contributed by atoms with Gasteiger partial charge in [0.2, 0.25) is 5.91 Å². The van der Waals surface area contributed by atoms with Crippen LogP contribution < -0.4 is 5.32 Å². The van der Waals surface area contributed by atoms with E-state index in [-0.39, 0.29) is 17.9 Å². The lowest BCUT2D eigenvalue weighted by Gasteiger charge is -2.33. The van der Waals surface area contributed by atoms with Gasteiger partial charge in [0.05, 0.1) is 6.54 Å². The molecule has 1 rings (SSSR count). The number of amides is 1. The van der Waals surface area contributed by atoms with Gasteiger partial charge in [0, 0.05) is 18.5 Å². The van der Waals surface area contributed by atoms with Crippen LogP contribution in [0.4, 0.5) is 0 Å². The molecule has 1 fully saturated rings. The molecule has 1 heterocycles. The molecule has 5 heteroatoms. The van der Waals surface area contributed by atoms with Gasteiger partial charge in [0.15, 0.2) is 0 Å². The second-order valence-electron chi connectivity index (χ2n) is 6.46. The first-order valence-corrected chi connectivity index (χ1v) is 7.57. The molecule has 1 unspecified atom stereocenters. The van der Waals surface area contributed by atoms with Gasteiger partial charge < -0.3 is 10.4 Å². The molecular weight excluding hydrogens is 256 g/mol. The monoisotopic (exact) mass is 284 g/mol. The maximum Gasteiger partial charge on any atom is 0.303 e. The van der Waals surface area contributed by atoms with Crippen LogP contribution >= 0.6 is 0 Å². The van der Waals surface area contributed by atoms with Crippen LogP contribution in [0.15, 0.2) is 0 Å². The smallest absolute Gasteiger partial charge is 0.303 e. The lowest BCUT2D eigenvalue weighted by molar-refractivity contribution is -0.137. The third-order valence-electron chi connectivity index (χ3n) is 4.10. The highest BCUT2D eigenvalue weighted by atomic mass is 16.4. The Bertz CT molecular complexity index is 342. The predicted octanol–water partition coefficient (Wildman–Crippen LogP) is 1.87. The van der Waals surface area contributed by atoms with Crippen LogP contribution in [0, 0.1) is 5.92 Å². The minimum absolute atomic E-state index is 0.0655. The van der Waals surface area contributed by atoms with Crippen molar-refractivity contribution >= 4 is 11.9 Å². The van der Waals surface area contributed by atoms with E-state index in [1.165, 1.54) is 0 Å². The number of piperidine rings is 1. The van der Waals surface area contributed by atoms with Crippen molar-refractivity contribution < 1.29 is 14.7 Å². The molecule has 1 saturated heterocycles. The molecule has 1 aliphatic rings. The Kier molecular flexibility index (Phi) is 6.46. The summed E-state index contributed by atoms with van der Waals surface area (Å²) < 4.78 is 0. The largest absolute Gasteiger partial charge is 0.481 e. The van der Waals surface area contributed by atoms with Crippen LogP contribution in [0.3, 0.4) is 0 Å². The number of aliphatic carboxylic acids is 1. The number of carboxylic acid groups (broad SMARTS) is 1. The maximum absolute atomic E-state index is 12.0. The Labute approximate surface area is 121 Å². The number of likely N-dealkylation sites (tertiary alicyclic amines) is 1. The van der Waals surface area contributed by atoms with Gasteiger partial charge >= 0.3 is 5.97 Å². The zero-order valence-corrected chi connectivity index (χ0v) is 12.9. The summed E-state index contributed by atoms with van der Waals surface area (Å²) in [6.07, 6.45) is 3.97. The molecule has 0 aromatic carbocycles. The van der Waals surface area contributed by atoms with Gasteiger partial charge in [-0.3, -0.25) is 14.5 Å². The van der Waals surface area contributed by atoms with Crippen molar-refractivity contribution in [1.29, 1.82) is 0 Å². The normalized spacial score (nSPS) is 20.6. The summed E-state index contributed by atoms with van der Waals surface area (Å²) in [4.78, 5) is 24.8. The Balaban J connectivity index is 2.36. The highest BCUT2D eigenvalue weighted by molar-refractivity contribution is 5.78. The molecule has 0 aliphatic carbocycles. The second kappa shape index (κ2) is 7.62. The molecule has 0 bridgehead atoms. The fourth-order valence-corrected chi connectivity index (χ4v) is 2.57. The standard InChI is InChI=1S/C15H28N2O3/c1-4-15(2,3)16-13(18)11-17-9-5-6-12(10-17)7-8-14(19)20/h12H,4-11H2,1-3H3,(H,16,18)(H,19,20). The van der Waals surface area contributed by atoms with E-state index < -0.39 is 5.97 Å². The molecule has 116 valence electrons. The molecule has 0 saturated carbocycles. The number of rotatable bonds is 7. The van der Waals surface area contributed by atoms with Crippen LogP contribution in [-0.4, -0.2) is 47.1 Å². The van der Waals surface area contributed by atoms with E-state index in [0.717, 1.165) is 32.4 Å². The highest BCUT2D eigenvalue weighted by Gasteiger charge is 2.24. The van der Waals surface area contributed by atoms with Crippen molar-refractivity contribution in [1.82, 2.24) is 10.2 Å². The molecule has 1 atom stereocenters. The van der Waals surface area contributed by atoms with Crippen molar-refractivity contribution in [2.24, 2.45) is 5.92 Å². The zero-order chi connectivity index (χ0) is 15.2. The van der Waals surface area contributed by atoms with Gasteiger partial charge in [-0.1, -0.05) is 6.92 Å². The summed E-state index contributed by atoms with van der Waals surface area (Å²) in [6, 6.07) is 0. The number of carbonyl (C=O) groups is 2. The van der Waals surface area contributed by atoms with Gasteiger partial charge in [-0.05, 0) is 52.0 Å². The molecule has 0 radical (unpaired) electrons. The molecular formula is C15H28N2O3. The van der Waals surface area contributed by atoms with E-state index in [4.69, 9.17) is 5.11 Å². The van der Waals surface area contributed by atoms with Gasteiger partial charge in [-0.15, -0.1) is 0 Å². The fraction of sp³-hybridized carbons (Fsp3) is 0.867. The van der Waals surface area contributed by atoms with Gasteiger partial charge in [-0.2, -0.15) is 0 Å². The fourth-order valence-electron chi connectivity index (χ4n) is 2.57. The van der Waals surface area contributed by atoms with Crippen molar-refractivity contribution in [2.45, 2.75) is 58.4 Å². The number of hydrogen-bond donors (Lipinski definition) is 2. The summed E-state index contributed by atoms with van der Waals surface area (Å²) in [5, 5.41) is 11.8. The number of nitrogens with zero attached hydrogens (tertiary/aromatic N) is 1. The van der Waals surface area contributed by atoms with E-state index in [1.807, 2.05) is 13.8 Å². The minimum Gasteiger partial charge on any atom is -0.481 e. The summed E-state index contributed by atoms with van der Waals surface area (Å²) in [5.74, 6) is -0.257. The summed E-state index contributed by atoms with van der Waals surface area (Å²) in [5.41, 5.74) is -0.157. The summed E-state index contributed by atoms with van der Waals surface area (Å²) in [6.45, 7) is 8.31. The Morgan fingerprint density at radius 2 is 2.10 bits per heavy atom. The number of nitrogens with one attached hydrogen (secondary N) is 1. The van der Waals surface area contributed by atoms with Crippen LogP contribution in [-0.2, 0) is 9.59 Å². The summed E-state index contributed by atoms with van der Waals surface area (Å²) in [7, 11) is 0. The topological polar surface area (TPSA) is 69.6 Å². The predicted molar refractivity (Wildman–Crippen MR) is 78.5 cm³/mol. The van der Waals surface area contributed by atoms with E-state index >= 15 is 0 Å². The lowest BCUT2D eigenvalue weighted by Crippen LogP contribution is -2.49. The van der Waals surface area contributed by atoms with Crippen molar-refractivity contribution in [3.8, 4) is 0 Å². The van der Waals surface area contributed by atoms with Crippen LogP contribution in [0.2, 0.25) is 0 Å². The van der Waals surface area contributed by atoms with Gasteiger partial charge in [0.25, 0.3) is 0 Å². The molecule has 5 nitrogen and oxygen atoms in total. The quantitative estimate of drug-likeness (QED) is 0.749. The van der Waals surface area contributed by atoms with Gasteiger partial charge in [0.1, 0.15) is 0 Å². The molecule has 1 aliphatic heterocycles. The Hall–Kier alpha value is -1.10. The first-order chi connectivity index (χ1) is 9.32. The third-order valence-corrected chi connectivity index (χ3v) is 4.10. The van der Waals surface area contributed by atoms with E-state index in [9.17, 15) is 9.59 Å². The molecule has 0 aromatic rings. The Morgan fingerprint density at radius 1 is 1.40 bits per heavy atom. The molecule has 2 N–H and O–H groups in total. The minimum atomic E-state index is -0.732. The summed E-state index contributed by atoms with van der Waals surface area (Å²) >= 11 is 0. The van der Waals surface area contributed by atoms with Gasteiger partial charge in [-0.25, -0.2) is 0 Å². The second-order valence-corrected chi connectivity index (χ2v) is 6.46. The average molecular weight is 284 g/mol. The molecule has 20 heavy (non-hydrogen) atoms. The van der Waals surface area contributed by atoms with E-state index in [1.54, 1.807) is 0 Å². The number of carboxylic acids is 1. The number of carbonyl (C=O) groups excluding carboxylic acids is 1. The molecule has 0 aromatic heterocycles. The third kappa shape index (κ3) is 6.37. The first kappa shape index (κ1) is 17.0. The van der Waals surface area contributed by atoms with E-state index in [2.05, 4.69) is 17.1 Å². The van der Waals surface area contributed by atoms with Crippen LogP contribution in [0.25, 0.3) is 0 Å². The van der Waals surface area contributed by atoms with Crippen molar-refractivity contribution in [3.63, 3.8) is 0 Å². The Morgan fingerprint density at radius 3 is 2.70 bits per heavy atom. The maximum atomic E-state index is 12.0.